The van der Waals surface area contributed by atoms with E-state index in [1.54, 1.807) is 37.3 Å². The van der Waals surface area contributed by atoms with E-state index in [2.05, 4.69) is 22.1 Å². The highest BCUT2D eigenvalue weighted by molar-refractivity contribution is 6.22. The summed E-state index contributed by atoms with van der Waals surface area (Å²) in [5, 5.41) is 10.3. The maximum atomic E-state index is 12.0. The Kier molecular flexibility index (Phi) is 5.01. The number of carbonyl (C=O) groups excluding carboxylic acids is 3. The van der Waals surface area contributed by atoms with Crippen molar-refractivity contribution in [1.29, 1.82) is 5.41 Å². The second-order valence-corrected chi connectivity index (χ2v) is 4.32. The first-order valence-electron chi connectivity index (χ1n) is 6.16. The van der Waals surface area contributed by atoms with Gasteiger partial charge in [0.2, 0.25) is 11.8 Å². The van der Waals surface area contributed by atoms with Gasteiger partial charge in [-0.3, -0.25) is 25.6 Å². The minimum absolute atomic E-state index is 0.294. The lowest BCUT2D eigenvalue weighted by Crippen LogP contribution is -2.64. The van der Waals surface area contributed by atoms with E-state index in [4.69, 9.17) is 5.41 Å². The van der Waals surface area contributed by atoms with Crippen LogP contribution in [-0.4, -0.2) is 23.8 Å². The van der Waals surface area contributed by atoms with Crippen molar-refractivity contribution in [3.05, 3.63) is 35.9 Å². The predicted molar refractivity (Wildman–Crippen MR) is 76.2 cm³/mol. The Labute approximate surface area is 121 Å². The topological polar surface area (TPSA) is 151 Å². The van der Waals surface area contributed by atoms with E-state index >= 15 is 0 Å². The quantitative estimate of drug-likeness (QED) is 0.283. The summed E-state index contributed by atoms with van der Waals surface area (Å²) in [6.45, 7) is 1.74. The molecule has 1 saturated heterocycles. The summed E-state index contributed by atoms with van der Waals surface area (Å²) in [7, 11) is 0. The number of benzene rings is 1. The molecule has 1 heterocycles. The van der Waals surface area contributed by atoms with Gasteiger partial charge in [0.15, 0.2) is 11.4 Å². The number of guanidine groups is 1. The van der Waals surface area contributed by atoms with Crippen molar-refractivity contribution in [3.8, 4) is 0 Å². The molecule has 0 unspecified atom stereocenters. The van der Waals surface area contributed by atoms with Gasteiger partial charge in [0, 0.05) is 0 Å². The Balaban J connectivity index is 0.000000491. The summed E-state index contributed by atoms with van der Waals surface area (Å²) in [6, 6.07) is 7.96. The second-order valence-electron chi connectivity index (χ2n) is 4.32. The van der Waals surface area contributed by atoms with Crippen molar-refractivity contribution in [2.45, 2.75) is 18.8 Å². The Morgan fingerprint density at radius 3 is 1.90 bits per heavy atom. The van der Waals surface area contributed by atoms with Gasteiger partial charge in [-0.1, -0.05) is 37.3 Å². The molecule has 1 aromatic carbocycles. The van der Waals surface area contributed by atoms with E-state index < -0.39 is 23.3 Å². The Bertz CT molecular complexity index is 546. The third-order valence-corrected chi connectivity index (χ3v) is 3.03. The smallest absolute Gasteiger partial charge is 0.328 e. The molecule has 21 heavy (non-hydrogen) atoms. The number of imide groups is 2. The molecule has 0 aromatic heterocycles. The van der Waals surface area contributed by atoms with Crippen LogP contribution in [0, 0.1) is 5.41 Å². The van der Waals surface area contributed by atoms with Crippen molar-refractivity contribution >= 4 is 23.8 Å². The van der Waals surface area contributed by atoms with Gasteiger partial charge in [-0.05, 0) is 12.0 Å². The first-order chi connectivity index (χ1) is 9.84. The summed E-state index contributed by atoms with van der Waals surface area (Å²) < 4.78 is 0. The Morgan fingerprint density at radius 1 is 1.10 bits per heavy atom. The number of amides is 4. The molecular formula is C13H17N5O3. The third kappa shape index (κ3) is 3.35. The van der Waals surface area contributed by atoms with E-state index in [0.717, 1.165) is 0 Å². The van der Waals surface area contributed by atoms with Gasteiger partial charge in [0.1, 0.15) is 0 Å². The van der Waals surface area contributed by atoms with Gasteiger partial charge in [-0.25, -0.2) is 4.79 Å². The van der Waals surface area contributed by atoms with Crippen molar-refractivity contribution < 1.29 is 14.4 Å². The van der Waals surface area contributed by atoms with Crippen LogP contribution in [0.5, 0.6) is 0 Å². The fourth-order valence-electron chi connectivity index (χ4n) is 2.06. The molecule has 8 nitrogen and oxygen atoms in total. The zero-order chi connectivity index (χ0) is 16.0. The number of nitrogens with one attached hydrogen (secondary N) is 3. The fraction of sp³-hybridized carbons (Fsp3) is 0.231. The number of nitrogens with two attached hydrogens (primary N) is 2. The highest BCUT2D eigenvalue weighted by Crippen LogP contribution is 2.30. The summed E-state index contributed by atoms with van der Waals surface area (Å²) in [5.74, 6) is -1.47. The molecule has 1 aromatic rings. The SMILES string of the molecule is CCC1(c2ccccc2)C(=O)NC(=O)NC1=O.N=C(N)N. The van der Waals surface area contributed by atoms with Crippen LogP contribution in [0.2, 0.25) is 0 Å². The van der Waals surface area contributed by atoms with Gasteiger partial charge in [0.05, 0.1) is 0 Å². The molecule has 0 atom stereocenters. The van der Waals surface area contributed by atoms with Crippen LogP contribution in [0.4, 0.5) is 4.79 Å². The summed E-state index contributed by atoms with van der Waals surface area (Å²) >= 11 is 0. The molecule has 1 fully saturated rings. The van der Waals surface area contributed by atoms with E-state index in [-0.39, 0.29) is 5.96 Å². The Hall–Kier alpha value is -2.90. The van der Waals surface area contributed by atoms with Gasteiger partial charge < -0.3 is 11.5 Å². The molecule has 7 N–H and O–H groups in total. The predicted octanol–water partition coefficient (Wildman–Crippen LogP) is -0.461. The molecule has 0 saturated carbocycles. The fourth-order valence-corrected chi connectivity index (χ4v) is 2.06. The summed E-state index contributed by atoms with van der Waals surface area (Å²) in [5.41, 5.74) is 8.22. The van der Waals surface area contributed by atoms with Crippen LogP contribution in [0.3, 0.4) is 0 Å². The highest BCUT2D eigenvalue weighted by atomic mass is 16.2. The Morgan fingerprint density at radius 2 is 1.52 bits per heavy atom. The van der Waals surface area contributed by atoms with Gasteiger partial charge in [-0.2, -0.15) is 0 Å². The van der Waals surface area contributed by atoms with Crippen LogP contribution in [-0.2, 0) is 15.0 Å². The first-order valence-corrected chi connectivity index (χ1v) is 6.16. The van der Waals surface area contributed by atoms with Crippen molar-refractivity contribution in [2.24, 2.45) is 11.5 Å². The summed E-state index contributed by atoms with van der Waals surface area (Å²) in [6.07, 6.45) is 0.294. The number of barbiturate groups is 1. The van der Waals surface area contributed by atoms with E-state index in [1.165, 1.54) is 0 Å². The molecule has 112 valence electrons. The average Bonchev–Trinajstić information content (AvgIpc) is 2.39. The van der Waals surface area contributed by atoms with Gasteiger partial charge >= 0.3 is 6.03 Å². The maximum Gasteiger partial charge on any atom is 0.328 e. The average molecular weight is 291 g/mol. The minimum Gasteiger partial charge on any atom is -0.370 e. The maximum absolute atomic E-state index is 12.0. The number of carbonyl (C=O) groups is 3. The molecule has 0 spiro atoms. The normalized spacial score (nSPS) is 16.1. The lowest BCUT2D eigenvalue weighted by Gasteiger charge is -2.33. The van der Waals surface area contributed by atoms with Gasteiger partial charge in [0.25, 0.3) is 0 Å². The largest absolute Gasteiger partial charge is 0.370 e. The van der Waals surface area contributed by atoms with Crippen LogP contribution >= 0.6 is 0 Å². The highest BCUT2D eigenvalue weighted by Gasteiger charge is 2.50. The molecule has 1 aliphatic heterocycles. The molecule has 8 heteroatoms. The zero-order valence-corrected chi connectivity index (χ0v) is 11.5. The second kappa shape index (κ2) is 6.51. The lowest BCUT2D eigenvalue weighted by atomic mass is 9.75. The van der Waals surface area contributed by atoms with Crippen molar-refractivity contribution in [2.75, 3.05) is 0 Å². The van der Waals surface area contributed by atoms with Crippen LogP contribution in [0.25, 0.3) is 0 Å². The molecule has 2 rings (SSSR count). The number of hydrogen-bond acceptors (Lipinski definition) is 4. The molecular weight excluding hydrogens is 274 g/mol. The standard InChI is InChI=1S/C12H12N2O3.CH5N3/c1-2-12(8-6-4-3-5-7-8)9(15)13-11(17)14-10(12)16;2-1(3)4/h3-7H,2H2,1H3,(H2,13,14,15,16,17);(H5,2,3,4). The third-order valence-electron chi connectivity index (χ3n) is 3.03. The van der Waals surface area contributed by atoms with Crippen molar-refractivity contribution in [3.63, 3.8) is 0 Å². The monoisotopic (exact) mass is 291 g/mol. The van der Waals surface area contributed by atoms with Crippen molar-refractivity contribution in [1.82, 2.24) is 10.6 Å². The number of rotatable bonds is 2. The molecule has 0 radical (unpaired) electrons. The van der Waals surface area contributed by atoms with E-state index in [9.17, 15) is 14.4 Å². The lowest BCUT2D eigenvalue weighted by molar-refractivity contribution is -0.138. The number of urea groups is 1. The van der Waals surface area contributed by atoms with Crippen LogP contribution in [0.15, 0.2) is 30.3 Å². The summed E-state index contributed by atoms with van der Waals surface area (Å²) in [4.78, 5) is 35.0. The molecule has 0 aliphatic carbocycles. The van der Waals surface area contributed by atoms with Crippen LogP contribution < -0.4 is 22.1 Å². The van der Waals surface area contributed by atoms with Crippen LogP contribution in [0.1, 0.15) is 18.9 Å². The molecule has 4 amide bonds. The van der Waals surface area contributed by atoms with E-state index in [0.29, 0.717) is 12.0 Å². The van der Waals surface area contributed by atoms with E-state index in [1.807, 2.05) is 0 Å². The molecule has 1 aliphatic rings. The first kappa shape index (κ1) is 16.2. The number of hydrogen-bond donors (Lipinski definition) is 5. The van der Waals surface area contributed by atoms with Gasteiger partial charge in [-0.15, -0.1) is 0 Å². The minimum atomic E-state index is -1.31. The molecule has 0 bridgehead atoms. The zero-order valence-electron chi connectivity index (χ0n) is 11.5.